The van der Waals surface area contributed by atoms with Crippen molar-refractivity contribution in [3.8, 4) is 0 Å². The first-order valence-corrected chi connectivity index (χ1v) is 7.61. The zero-order chi connectivity index (χ0) is 14.7. The van der Waals surface area contributed by atoms with Crippen molar-refractivity contribution in [1.29, 1.82) is 0 Å². The lowest BCUT2D eigenvalue weighted by atomic mass is 9.90. The fraction of sp³-hybridized carbons (Fsp3) is 0.250. The molecule has 1 atom stereocenters. The minimum atomic E-state index is -0.547. The molecule has 2 aromatic rings. The zero-order valence-electron chi connectivity index (χ0n) is 11.0. The molecule has 0 fully saturated rings. The van der Waals surface area contributed by atoms with Gasteiger partial charge in [-0.15, -0.1) is 11.6 Å². The molecule has 0 heterocycles. The summed E-state index contributed by atoms with van der Waals surface area (Å²) >= 11 is 9.10. The van der Waals surface area contributed by atoms with Crippen LogP contribution in [0.4, 0.5) is 8.78 Å². The van der Waals surface area contributed by atoms with Crippen LogP contribution in [0.5, 0.6) is 0 Å². The van der Waals surface area contributed by atoms with Crippen molar-refractivity contribution in [2.24, 2.45) is 0 Å². The van der Waals surface area contributed by atoms with Gasteiger partial charge in [0.15, 0.2) is 0 Å². The van der Waals surface area contributed by atoms with E-state index in [1.54, 1.807) is 0 Å². The van der Waals surface area contributed by atoms with E-state index >= 15 is 0 Å². The van der Waals surface area contributed by atoms with Crippen molar-refractivity contribution in [3.05, 3.63) is 69.2 Å². The van der Waals surface area contributed by atoms with Crippen molar-refractivity contribution in [1.82, 2.24) is 0 Å². The van der Waals surface area contributed by atoms with Crippen molar-refractivity contribution in [2.75, 3.05) is 5.88 Å². The maximum absolute atomic E-state index is 14.0. The van der Waals surface area contributed by atoms with Gasteiger partial charge in [-0.1, -0.05) is 24.3 Å². The third-order valence-corrected chi connectivity index (χ3v) is 4.39. The van der Waals surface area contributed by atoms with Crippen LogP contribution in [0.2, 0.25) is 0 Å². The average Bonchev–Trinajstić information content (AvgIpc) is 2.45. The van der Waals surface area contributed by atoms with Gasteiger partial charge in [0.1, 0.15) is 11.6 Å². The van der Waals surface area contributed by atoms with Crippen LogP contribution in [0.1, 0.15) is 22.6 Å². The molecule has 0 spiro atoms. The van der Waals surface area contributed by atoms with E-state index in [-0.39, 0.29) is 22.4 Å². The first-order valence-electron chi connectivity index (χ1n) is 6.28. The molecular weight excluding hydrogens is 346 g/mol. The first-order chi connectivity index (χ1) is 9.54. The predicted octanol–water partition coefficient (Wildman–Crippen LogP) is 5.60. The van der Waals surface area contributed by atoms with E-state index in [9.17, 15) is 8.78 Å². The largest absolute Gasteiger partial charge is 0.207 e. The second-order valence-electron chi connectivity index (χ2n) is 4.73. The Bertz CT molecular complexity index is 613. The number of alkyl halides is 1. The van der Waals surface area contributed by atoms with Crippen LogP contribution in [0, 0.1) is 18.6 Å². The molecule has 0 amide bonds. The van der Waals surface area contributed by atoms with Crippen LogP contribution < -0.4 is 0 Å². The Kier molecular flexibility index (Phi) is 5.17. The van der Waals surface area contributed by atoms with E-state index < -0.39 is 11.6 Å². The smallest absolute Gasteiger partial charge is 0.143 e. The number of benzene rings is 2. The summed E-state index contributed by atoms with van der Waals surface area (Å²) in [5, 5.41) is 0. The predicted molar refractivity (Wildman–Crippen MR) is 82.4 cm³/mol. The standard InChI is InChI=1S/C16H14BrClF2/c1-10-4-2-3-5-12(10)11(9-18)8-13-15(19)7-6-14(17)16(13)20/h2-7,11H,8-9H2,1H3. The molecule has 0 saturated heterocycles. The highest BCUT2D eigenvalue weighted by molar-refractivity contribution is 9.10. The molecule has 0 aliphatic heterocycles. The summed E-state index contributed by atoms with van der Waals surface area (Å²) in [6, 6.07) is 10.4. The van der Waals surface area contributed by atoms with Crippen LogP contribution >= 0.6 is 27.5 Å². The van der Waals surface area contributed by atoms with Crippen molar-refractivity contribution >= 4 is 27.5 Å². The summed E-state index contributed by atoms with van der Waals surface area (Å²) in [5.74, 6) is -0.879. The van der Waals surface area contributed by atoms with Gasteiger partial charge in [-0.25, -0.2) is 8.78 Å². The fourth-order valence-electron chi connectivity index (χ4n) is 2.30. The molecule has 0 aromatic heterocycles. The minimum absolute atomic E-state index is 0.0771. The van der Waals surface area contributed by atoms with Gasteiger partial charge in [0.25, 0.3) is 0 Å². The molecule has 2 rings (SSSR count). The highest BCUT2D eigenvalue weighted by Gasteiger charge is 2.19. The lowest BCUT2D eigenvalue weighted by molar-refractivity contribution is 0.540. The second kappa shape index (κ2) is 6.68. The fourth-order valence-corrected chi connectivity index (χ4v) is 2.94. The lowest BCUT2D eigenvalue weighted by Crippen LogP contribution is -2.09. The highest BCUT2D eigenvalue weighted by Crippen LogP contribution is 2.29. The van der Waals surface area contributed by atoms with Crippen LogP contribution in [0.25, 0.3) is 0 Å². The Balaban J connectivity index is 2.37. The van der Waals surface area contributed by atoms with Gasteiger partial charge in [-0.3, -0.25) is 0 Å². The molecular formula is C16H14BrClF2. The number of aryl methyl sites for hydroxylation is 1. The Morgan fingerprint density at radius 3 is 2.50 bits per heavy atom. The normalized spacial score (nSPS) is 12.4. The van der Waals surface area contributed by atoms with Gasteiger partial charge < -0.3 is 0 Å². The molecule has 1 unspecified atom stereocenters. The van der Waals surface area contributed by atoms with Crippen molar-refractivity contribution in [2.45, 2.75) is 19.3 Å². The van der Waals surface area contributed by atoms with Crippen LogP contribution in [0.3, 0.4) is 0 Å². The number of hydrogen-bond acceptors (Lipinski definition) is 0. The molecule has 106 valence electrons. The third kappa shape index (κ3) is 3.21. The summed E-state index contributed by atoms with van der Waals surface area (Å²) in [4.78, 5) is 0. The summed E-state index contributed by atoms with van der Waals surface area (Å²) < 4.78 is 28.2. The van der Waals surface area contributed by atoms with E-state index in [1.165, 1.54) is 12.1 Å². The van der Waals surface area contributed by atoms with E-state index in [1.807, 2.05) is 31.2 Å². The molecule has 2 aromatic carbocycles. The molecule has 0 nitrogen and oxygen atoms in total. The van der Waals surface area contributed by atoms with Gasteiger partial charge in [-0.05, 0) is 52.5 Å². The molecule has 0 saturated carbocycles. The highest BCUT2D eigenvalue weighted by atomic mass is 79.9. The van der Waals surface area contributed by atoms with Crippen LogP contribution in [-0.2, 0) is 6.42 Å². The summed E-state index contributed by atoms with van der Waals surface area (Å²) in [6.07, 6.45) is 0.242. The molecule has 0 bridgehead atoms. The van der Waals surface area contributed by atoms with Crippen LogP contribution in [0.15, 0.2) is 40.9 Å². The third-order valence-electron chi connectivity index (χ3n) is 3.40. The van der Waals surface area contributed by atoms with Gasteiger partial charge in [-0.2, -0.15) is 0 Å². The van der Waals surface area contributed by atoms with Gasteiger partial charge in [0, 0.05) is 17.4 Å². The monoisotopic (exact) mass is 358 g/mol. The zero-order valence-corrected chi connectivity index (χ0v) is 13.3. The average molecular weight is 360 g/mol. The minimum Gasteiger partial charge on any atom is -0.207 e. The topological polar surface area (TPSA) is 0 Å². The number of halogens is 4. The van der Waals surface area contributed by atoms with E-state index in [4.69, 9.17) is 11.6 Å². The molecule has 0 aliphatic rings. The first kappa shape index (κ1) is 15.5. The van der Waals surface area contributed by atoms with E-state index in [0.29, 0.717) is 5.88 Å². The Labute approximate surface area is 130 Å². The molecule has 20 heavy (non-hydrogen) atoms. The molecule has 0 aliphatic carbocycles. The molecule has 0 radical (unpaired) electrons. The quantitative estimate of drug-likeness (QED) is 0.492. The molecule has 4 heteroatoms. The van der Waals surface area contributed by atoms with Gasteiger partial charge in [0.05, 0.1) is 4.47 Å². The Morgan fingerprint density at radius 1 is 1.15 bits per heavy atom. The Hall–Kier alpha value is -0.930. The van der Waals surface area contributed by atoms with E-state index in [2.05, 4.69) is 15.9 Å². The molecule has 0 N–H and O–H groups in total. The van der Waals surface area contributed by atoms with E-state index in [0.717, 1.165) is 11.1 Å². The second-order valence-corrected chi connectivity index (χ2v) is 5.90. The lowest BCUT2D eigenvalue weighted by Gasteiger charge is -2.18. The number of rotatable bonds is 4. The van der Waals surface area contributed by atoms with Crippen LogP contribution in [-0.4, -0.2) is 5.88 Å². The van der Waals surface area contributed by atoms with Gasteiger partial charge >= 0.3 is 0 Å². The SMILES string of the molecule is Cc1ccccc1C(CCl)Cc1c(F)ccc(Br)c1F. The maximum atomic E-state index is 14.0. The summed E-state index contributed by atoms with van der Waals surface area (Å²) in [7, 11) is 0. The van der Waals surface area contributed by atoms with Gasteiger partial charge in [0.2, 0.25) is 0 Å². The van der Waals surface area contributed by atoms with Crippen molar-refractivity contribution in [3.63, 3.8) is 0 Å². The number of hydrogen-bond donors (Lipinski definition) is 0. The summed E-state index contributed by atoms with van der Waals surface area (Å²) in [5.41, 5.74) is 2.18. The Morgan fingerprint density at radius 2 is 1.85 bits per heavy atom. The maximum Gasteiger partial charge on any atom is 0.143 e. The summed E-state index contributed by atoms with van der Waals surface area (Å²) in [6.45, 7) is 1.97. The van der Waals surface area contributed by atoms with Crippen molar-refractivity contribution < 1.29 is 8.78 Å².